The molecule has 0 N–H and O–H groups in total. The summed E-state index contributed by atoms with van der Waals surface area (Å²) in [7, 11) is -2.46. The Labute approximate surface area is 203 Å². The van der Waals surface area contributed by atoms with Crippen LogP contribution in [0.4, 0.5) is 0 Å². The first-order valence-corrected chi connectivity index (χ1v) is 13.3. The largest absolute Gasteiger partial charge is 0.497 e. The summed E-state index contributed by atoms with van der Waals surface area (Å²) >= 11 is 0. The number of aromatic nitrogens is 1. The fourth-order valence-corrected chi connectivity index (χ4v) is 6.06. The van der Waals surface area contributed by atoms with Crippen molar-refractivity contribution in [1.29, 1.82) is 0 Å². The van der Waals surface area contributed by atoms with Gasteiger partial charge < -0.3 is 9.47 Å². The highest BCUT2D eigenvalue weighted by molar-refractivity contribution is 7.89. The molecule has 0 unspecified atom stereocenters. The molecule has 0 bridgehead atoms. The SMILES string of the molecule is COc1ccc(S(=O)(=O)N(CCc2ccccn2)[C@@H](C(=O)OC(C)(C)C)C2CCCCC2)cc1. The summed E-state index contributed by atoms with van der Waals surface area (Å²) in [5.74, 6) is -0.0205. The van der Waals surface area contributed by atoms with Gasteiger partial charge in [0, 0.05) is 24.9 Å². The van der Waals surface area contributed by atoms with Crippen molar-refractivity contribution in [2.75, 3.05) is 13.7 Å². The highest BCUT2D eigenvalue weighted by Gasteiger charge is 2.43. The van der Waals surface area contributed by atoms with Crippen LogP contribution in [0.3, 0.4) is 0 Å². The molecule has 7 nitrogen and oxygen atoms in total. The van der Waals surface area contributed by atoms with E-state index in [2.05, 4.69) is 4.98 Å². The lowest BCUT2D eigenvalue weighted by atomic mass is 9.83. The van der Waals surface area contributed by atoms with Gasteiger partial charge in [-0.2, -0.15) is 4.31 Å². The van der Waals surface area contributed by atoms with Crippen LogP contribution < -0.4 is 4.74 Å². The van der Waals surface area contributed by atoms with E-state index in [1.54, 1.807) is 39.1 Å². The van der Waals surface area contributed by atoms with E-state index in [0.717, 1.165) is 37.8 Å². The van der Waals surface area contributed by atoms with Gasteiger partial charge in [-0.05, 0) is 75.9 Å². The number of rotatable bonds is 9. The maximum atomic E-state index is 14.0. The van der Waals surface area contributed by atoms with Crippen molar-refractivity contribution in [3.63, 3.8) is 0 Å². The van der Waals surface area contributed by atoms with Crippen molar-refractivity contribution < 1.29 is 22.7 Å². The van der Waals surface area contributed by atoms with E-state index in [1.807, 2.05) is 18.2 Å². The topological polar surface area (TPSA) is 85.8 Å². The molecule has 8 heteroatoms. The Morgan fingerprint density at radius 3 is 2.32 bits per heavy atom. The number of benzene rings is 1. The zero-order valence-electron chi connectivity index (χ0n) is 20.6. The summed E-state index contributed by atoms with van der Waals surface area (Å²) in [6, 6.07) is 10.9. The normalized spacial score (nSPS) is 16.3. The molecule has 0 radical (unpaired) electrons. The molecule has 1 heterocycles. The Morgan fingerprint density at radius 2 is 1.76 bits per heavy atom. The summed E-state index contributed by atoms with van der Waals surface area (Å²) in [4.78, 5) is 18.0. The van der Waals surface area contributed by atoms with Gasteiger partial charge >= 0.3 is 5.97 Å². The number of methoxy groups -OCH3 is 1. The van der Waals surface area contributed by atoms with Gasteiger partial charge in [-0.3, -0.25) is 9.78 Å². The number of carbonyl (C=O) groups is 1. The third kappa shape index (κ3) is 6.79. The standard InChI is InChI=1S/C26H36N2O5S/c1-26(2,3)33-25(29)24(20-10-6-5-7-11-20)28(19-17-21-12-8-9-18-27-21)34(30,31)23-15-13-22(32-4)14-16-23/h8-9,12-16,18,20,24H,5-7,10-11,17,19H2,1-4H3/t24-/m1/s1. The van der Waals surface area contributed by atoms with Crippen LogP contribution in [0.15, 0.2) is 53.6 Å². The summed E-state index contributed by atoms with van der Waals surface area (Å²) in [6.45, 7) is 5.54. The molecule has 0 spiro atoms. The number of hydrogen-bond acceptors (Lipinski definition) is 6. The number of nitrogens with zero attached hydrogens (tertiary/aromatic N) is 2. The van der Waals surface area contributed by atoms with Gasteiger partial charge in [-0.15, -0.1) is 0 Å². The van der Waals surface area contributed by atoms with Gasteiger partial charge in [0.2, 0.25) is 10.0 Å². The number of carbonyl (C=O) groups excluding carboxylic acids is 1. The van der Waals surface area contributed by atoms with Crippen molar-refractivity contribution in [2.24, 2.45) is 5.92 Å². The zero-order chi connectivity index (χ0) is 24.8. The fraction of sp³-hybridized carbons (Fsp3) is 0.538. The smallest absolute Gasteiger partial charge is 0.325 e. The predicted molar refractivity (Wildman–Crippen MR) is 131 cm³/mol. The van der Waals surface area contributed by atoms with Crippen molar-refractivity contribution in [1.82, 2.24) is 9.29 Å². The maximum Gasteiger partial charge on any atom is 0.325 e. The number of pyridine rings is 1. The number of esters is 1. The highest BCUT2D eigenvalue weighted by Crippen LogP contribution is 2.34. The lowest BCUT2D eigenvalue weighted by Crippen LogP contribution is -2.52. The van der Waals surface area contributed by atoms with Gasteiger partial charge in [0.15, 0.2) is 0 Å². The van der Waals surface area contributed by atoms with E-state index < -0.39 is 27.6 Å². The van der Waals surface area contributed by atoms with Gasteiger partial charge in [0.25, 0.3) is 0 Å². The molecule has 1 fully saturated rings. The van der Waals surface area contributed by atoms with E-state index >= 15 is 0 Å². The van der Waals surface area contributed by atoms with E-state index in [4.69, 9.17) is 9.47 Å². The molecule has 1 saturated carbocycles. The molecule has 1 aliphatic rings. The van der Waals surface area contributed by atoms with Crippen LogP contribution in [0.1, 0.15) is 58.6 Å². The molecule has 34 heavy (non-hydrogen) atoms. The van der Waals surface area contributed by atoms with Crippen molar-refractivity contribution in [3.8, 4) is 5.75 Å². The molecule has 0 saturated heterocycles. The first-order valence-electron chi connectivity index (χ1n) is 11.9. The van der Waals surface area contributed by atoms with Crippen molar-refractivity contribution in [2.45, 2.75) is 75.8 Å². The number of hydrogen-bond donors (Lipinski definition) is 0. The van der Waals surface area contributed by atoms with Crippen LogP contribution in [-0.4, -0.2) is 49.0 Å². The summed E-state index contributed by atoms with van der Waals surface area (Å²) < 4.78 is 40.2. The van der Waals surface area contributed by atoms with E-state index in [9.17, 15) is 13.2 Å². The molecular weight excluding hydrogens is 452 g/mol. The third-order valence-corrected chi connectivity index (χ3v) is 7.93. The van der Waals surface area contributed by atoms with Crippen LogP contribution in [0.5, 0.6) is 5.75 Å². The van der Waals surface area contributed by atoms with Crippen LogP contribution in [0.25, 0.3) is 0 Å². The molecule has 1 atom stereocenters. The van der Waals surface area contributed by atoms with E-state index in [1.165, 1.54) is 23.5 Å². The van der Waals surface area contributed by atoms with Gasteiger partial charge in [-0.1, -0.05) is 25.3 Å². The quantitative estimate of drug-likeness (QED) is 0.479. The lowest BCUT2D eigenvalue weighted by Gasteiger charge is -2.37. The van der Waals surface area contributed by atoms with Gasteiger partial charge in [-0.25, -0.2) is 8.42 Å². The molecule has 2 aromatic rings. The monoisotopic (exact) mass is 488 g/mol. The molecular formula is C26H36N2O5S. The average molecular weight is 489 g/mol. The second-order valence-electron chi connectivity index (χ2n) is 9.74. The molecule has 186 valence electrons. The van der Waals surface area contributed by atoms with Crippen molar-refractivity contribution >= 4 is 16.0 Å². The third-order valence-electron chi connectivity index (χ3n) is 6.04. The summed E-state index contributed by atoms with van der Waals surface area (Å²) in [5, 5.41) is 0. The van der Waals surface area contributed by atoms with Crippen molar-refractivity contribution in [3.05, 3.63) is 54.4 Å². The van der Waals surface area contributed by atoms with Crippen LogP contribution in [-0.2, 0) is 26.0 Å². The van der Waals surface area contributed by atoms with E-state index in [0.29, 0.717) is 12.2 Å². The lowest BCUT2D eigenvalue weighted by molar-refractivity contribution is -0.162. The Balaban J connectivity index is 2.03. The van der Waals surface area contributed by atoms with Crippen LogP contribution in [0, 0.1) is 5.92 Å². The minimum atomic E-state index is -4.00. The molecule has 1 aromatic heterocycles. The first kappa shape index (κ1) is 26.2. The van der Waals surface area contributed by atoms with Crippen LogP contribution in [0.2, 0.25) is 0 Å². The van der Waals surface area contributed by atoms with Gasteiger partial charge in [0.1, 0.15) is 17.4 Å². The Kier molecular flexibility index (Phi) is 8.71. The minimum absolute atomic E-state index is 0.0969. The number of sulfonamides is 1. The maximum absolute atomic E-state index is 14.0. The molecule has 1 aliphatic carbocycles. The Hall–Kier alpha value is -2.45. The number of ether oxygens (including phenoxy) is 2. The second-order valence-corrected chi connectivity index (χ2v) is 11.6. The average Bonchev–Trinajstić information content (AvgIpc) is 2.81. The second kappa shape index (κ2) is 11.3. The zero-order valence-corrected chi connectivity index (χ0v) is 21.4. The Bertz CT molecular complexity index is 1030. The predicted octanol–water partition coefficient (Wildman–Crippen LogP) is 4.61. The minimum Gasteiger partial charge on any atom is -0.497 e. The molecule has 0 aliphatic heterocycles. The van der Waals surface area contributed by atoms with Gasteiger partial charge in [0.05, 0.1) is 12.0 Å². The highest BCUT2D eigenvalue weighted by atomic mass is 32.2. The summed E-state index contributed by atoms with van der Waals surface area (Å²) in [5.41, 5.74) is 0.0459. The van der Waals surface area contributed by atoms with Crippen LogP contribution >= 0.6 is 0 Å². The molecule has 1 aromatic carbocycles. The summed E-state index contributed by atoms with van der Waals surface area (Å²) in [6.07, 6.45) is 6.70. The first-order chi connectivity index (χ1) is 16.1. The molecule has 0 amide bonds. The Morgan fingerprint density at radius 1 is 1.09 bits per heavy atom. The van der Waals surface area contributed by atoms with E-state index in [-0.39, 0.29) is 17.4 Å². The fourth-order valence-electron chi connectivity index (χ4n) is 4.42. The molecule has 3 rings (SSSR count).